The molecule has 0 aromatic heterocycles. The molecule has 5 atom stereocenters. The number of carbonyl (C=O) groups is 1. The van der Waals surface area contributed by atoms with E-state index in [0.29, 0.717) is 44.9 Å². The zero-order valence-corrected chi connectivity index (χ0v) is 20.7. The van der Waals surface area contributed by atoms with E-state index < -0.39 is 18.1 Å². The lowest BCUT2D eigenvalue weighted by atomic mass is 9.82. The highest BCUT2D eigenvalue weighted by atomic mass is 19.3. The Bertz CT molecular complexity index is 737. The predicted molar refractivity (Wildman–Crippen MR) is 130 cm³/mol. The van der Waals surface area contributed by atoms with Crippen LogP contribution in [0, 0.1) is 17.8 Å². The topological polar surface area (TPSA) is 66.8 Å². The van der Waals surface area contributed by atoms with Crippen LogP contribution in [0.2, 0.25) is 0 Å². The van der Waals surface area contributed by atoms with Gasteiger partial charge in [-0.1, -0.05) is 62.8 Å². The summed E-state index contributed by atoms with van der Waals surface area (Å²) in [4.78, 5) is 11.9. The minimum Gasteiger partial charge on any atom is -0.461 e. The molecule has 2 unspecified atom stereocenters. The van der Waals surface area contributed by atoms with E-state index in [-0.39, 0.29) is 43.2 Å². The molecule has 0 bridgehead atoms. The maximum absolute atomic E-state index is 14.1. The lowest BCUT2D eigenvalue weighted by Gasteiger charge is -2.27. The van der Waals surface area contributed by atoms with Crippen LogP contribution in [0.5, 0.6) is 0 Å². The summed E-state index contributed by atoms with van der Waals surface area (Å²) in [6.07, 6.45) is 6.46. The Morgan fingerprint density at radius 2 is 1.94 bits per heavy atom. The van der Waals surface area contributed by atoms with Gasteiger partial charge in [0, 0.05) is 12.8 Å². The third kappa shape index (κ3) is 9.46. The normalized spacial score (nSPS) is 23.9. The third-order valence-corrected chi connectivity index (χ3v) is 7.08. The molecule has 0 heterocycles. The molecule has 6 heteroatoms. The Kier molecular flexibility index (Phi) is 12.2. The van der Waals surface area contributed by atoms with Gasteiger partial charge in [-0.15, -0.1) is 0 Å². The molecular weight excluding hydrogens is 438 g/mol. The Morgan fingerprint density at radius 1 is 1.21 bits per heavy atom. The van der Waals surface area contributed by atoms with Crippen LogP contribution in [0.15, 0.2) is 42.5 Å². The van der Waals surface area contributed by atoms with E-state index in [1.165, 1.54) is 0 Å². The number of hydrogen-bond donors (Lipinski definition) is 2. The van der Waals surface area contributed by atoms with E-state index in [0.717, 1.165) is 12.0 Å². The second-order valence-electron chi connectivity index (χ2n) is 9.81. The highest BCUT2D eigenvalue weighted by molar-refractivity contribution is 5.69. The number of rotatable bonds is 15. The number of alkyl halides is 2. The molecule has 2 rings (SSSR count). The first kappa shape index (κ1) is 28.4. The number of ether oxygens (including phenoxy) is 1. The van der Waals surface area contributed by atoms with Crippen molar-refractivity contribution in [1.82, 2.24) is 0 Å². The van der Waals surface area contributed by atoms with Crippen LogP contribution < -0.4 is 0 Å². The number of allylic oxidation sites excluding steroid dienone is 2. The van der Waals surface area contributed by atoms with E-state index in [9.17, 15) is 23.8 Å². The molecule has 1 aliphatic rings. The van der Waals surface area contributed by atoms with Crippen molar-refractivity contribution < 1.29 is 28.5 Å². The monoisotopic (exact) mass is 480 g/mol. The molecule has 0 spiro atoms. The highest BCUT2D eigenvalue weighted by Crippen LogP contribution is 2.43. The zero-order chi connectivity index (χ0) is 25.0. The van der Waals surface area contributed by atoms with Gasteiger partial charge < -0.3 is 14.9 Å². The number of halogens is 2. The van der Waals surface area contributed by atoms with Crippen molar-refractivity contribution >= 4 is 5.97 Å². The fourth-order valence-corrected chi connectivity index (χ4v) is 4.95. The van der Waals surface area contributed by atoms with Gasteiger partial charge in [0.15, 0.2) is 0 Å². The maximum atomic E-state index is 14.1. The SMILES string of the molecule is CCCCC(F)(F)[C@@H](O)CC[C@H]1C(C)C[C@H](O)C1C/C=C\CCCC(=O)OCc1ccccc1. The predicted octanol–water partition coefficient (Wildman–Crippen LogP) is 6.45. The van der Waals surface area contributed by atoms with Gasteiger partial charge in [0.1, 0.15) is 12.7 Å². The van der Waals surface area contributed by atoms with Crippen molar-refractivity contribution in [3.63, 3.8) is 0 Å². The highest BCUT2D eigenvalue weighted by Gasteiger charge is 2.42. The summed E-state index contributed by atoms with van der Waals surface area (Å²) >= 11 is 0. The van der Waals surface area contributed by atoms with Crippen molar-refractivity contribution in [1.29, 1.82) is 0 Å². The van der Waals surface area contributed by atoms with E-state index in [1.807, 2.05) is 49.4 Å². The summed E-state index contributed by atoms with van der Waals surface area (Å²) in [7, 11) is 0. The molecule has 1 saturated carbocycles. The molecule has 192 valence electrons. The molecule has 1 aliphatic carbocycles. The first-order chi connectivity index (χ1) is 16.2. The summed E-state index contributed by atoms with van der Waals surface area (Å²) in [6, 6.07) is 9.57. The quantitative estimate of drug-likeness (QED) is 0.172. The van der Waals surface area contributed by atoms with Crippen molar-refractivity contribution in [3.8, 4) is 0 Å². The van der Waals surface area contributed by atoms with Crippen LogP contribution in [-0.4, -0.2) is 34.3 Å². The van der Waals surface area contributed by atoms with E-state index in [2.05, 4.69) is 6.92 Å². The Labute approximate surface area is 203 Å². The van der Waals surface area contributed by atoms with Gasteiger partial charge in [-0.3, -0.25) is 4.79 Å². The second-order valence-corrected chi connectivity index (χ2v) is 9.81. The van der Waals surface area contributed by atoms with Gasteiger partial charge in [-0.05, 0) is 68.3 Å². The van der Waals surface area contributed by atoms with E-state index >= 15 is 0 Å². The summed E-state index contributed by atoms with van der Waals surface area (Å²) in [6.45, 7) is 4.20. The number of hydrogen-bond acceptors (Lipinski definition) is 4. The standard InChI is InChI=1S/C28H42F2O4/c1-3-4-18-28(29,30)26(32)17-16-23-21(2)19-25(31)24(23)14-10-5-6-11-15-27(33)34-20-22-12-8-7-9-13-22/h5,7-10,12-13,21,23-26,31-32H,3-4,6,11,14-20H2,1-2H3/b10-5-/t21?,23-,24?,25-,26-/m0/s1. The molecular formula is C28H42F2O4. The minimum atomic E-state index is -3.05. The Morgan fingerprint density at radius 3 is 2.65 bits per heavy atom. The average molecular weight is 481 g/mol. The Hall–Kier alpha value is -1.79. The maximum Gasteiger partial charge on any atom is 0.306 e. The number of unbranched alkanes of at least 4 members (excludes halogenated alkanes) is 2. The summed E-state index contributed by atoms with van der Waals surface area (Å²) in [5, 5.41) is 20.6. The molecule has 0 radical (unpaired) electrons. The first-order valence-corrected chi connectivity index (χ1v) is 12.8. The van der Waals surface area contributed by atoms with E-state index in [1.54, 1.807) is 0 Å². The molecule has 0 aliphatic heterocycles. The molecule has 1 aromatic carbocycles. The van der Waals surface area contributed by atoms with Gasteiger partial charge >= 0.3 is 5.97 Å². The number of aliphatic hydroxyl groups excluding tert-OH is 2. The molecule has 1 aromatic rings. The van der Waals surface area contributed by atoms with Gasteiger partial charge in [-0.2, -0.15) is 0 Å². The zero-order valence-electron chi connectivity index (χ0n) is 20.7. The second kappa shape index (κ2) is 14.6. The van der Waals surface area contributed by atoms with Crippen molar-refractivity contribution in [2.45, 2.75) is 103 Å². The van der Waals surface area contributed by atoms with Crippen LogP contribution in [0.4, 0.5) is 8.78 Å². The number of carbonyl (C=O) groups excluding carboxylic acids is 1. The third-order valence-electron chi connectivity index (χ3n) is 7.08. The average Bonchev–Trinajstić information content (AvgIpc) is 3.09. The molecule has 0 saturated heterocycles. The van der Waals surface area contributed by atoms with Crippen LogP contribution in [0.25, 0.3) is 0 Å². The van der Waals surface area contributed by atoms with Crippen LogP contribution in [-0.2, 0) is 16.1 Å². The summed E-state index contributed by atoms with van der Waals surface area (Å²) in [5.41, 5.74) is 0.965. The number of aliphatic hydroxyl groups is 2. The van der Waals surface area contributed by atoms with Gasteiger partial charge in [0.25, 0.3) is 5.92 Å². The number of esters is 1. The van der Waals surface area contributed by atoms with Crippen molar-refractivity contribution in [2.75, 3.05) is 0 Å². The summed E-state index contributed by atoms with van der Waals surface area (Å²) in [5.74, 6) is -2.90. The fraction of sp³-hybridized carbons (Fsp3) is 0.679. The van der Waals surface area contributed by atoms with Crippen molar-refractivity contribution in [2.24, 2.45) is 17.8 Å². The molecule has 2 N–H and O–H groups in total. The molecule has 1 fully saturated rings. The van der Waals surface area contributed by atoms with Gasteiger partial charge in [-0.25, -0.2) is 8.78 Å². The van der Waals surface area contributed by atoms with Crippen molar-refractivity contribution in [3.05, 3.63) is 48.0 Å². The van der Waals surface area contributed by atoms with Crippen LogP contribution >= 0.6 is 0 Å². The van der Waals surface area contributed by atoms with Gasteiger partial charge in [0.2, 0.25) is 0 Å². The smallest absolute Gasteiger partial charge is 0.306 e. The molecule has 34 heavy (non-hydrogen) atoms. The molecule has 4 nitrogen and oxygen atoms in total. The first-order valence-electron chi connectivity index (χ1n) is 12.8. The fourth-order valence-electron chi connectivity index (χ4n) is 4.95. The van der Waals surface area contributed by atoms with E-state index in [4.69, 9.17) is 4.74 Å². The largest absolute Gasteiger partial charge is 0.461 e. The van der Waals surface area contributed by atoms with Gasteiger partial charge in [0.05, 0.1) is 6.10 Å². The summed E-state index contributed by atoms with van der Waals surface area (Å²) < 4.78 is 33.5. The minimum absolute atomic E-state index is 0.0125. The lowest BCUT2D eigenvalue weighted by molar-refractivity contribution is -0.145. The molecule has 0 amide bonds. The lowest BCUT2D eigenvalue weighted by Crippen LogP contribution is -2.34. The van der Waals surface area contributed by atoms with Crippen LogP contribution in [0.3, 0.4) is 0 Å². The number of benzene rings is 1. The Balaban J connectivity index is 1.70. The van der Waals surface area contributed by atoms with Crippen LogP contribution in [0.1, 0.15) is 83.6 Å².